The second-order valence-corrected chi connectivity index (χ2v) is 3.17. The van der Waals surface area contributed by atoms with Gasteiger partial charge >= 0.3 is 0 Å². The van der Waals surface area contributed by atoms with Crippen LogP contribution in [0.25, 0.3) is 11.1 Å². The van der Waals surface area contributed by atoms with Gasteiger partial charge in [-0.2, -0.15) is 10.2 Å². The minimum atomic E-state index is -0.419. The van der Waals surface area contributed by atoms with Crippen LogP contribution in [-0.4, -0.2) is 10.2 Å². The number of rotatable bonds is 1. The lowest BCUT2D eigenvalue weighted by atomic mass is 10.1. The molecule has 1 aromatic heterocycles. The van der Waals surface area contributed by atoms with Crippen molar-refractivity contribution in [3.05, 3.63) is 47.5 Å². The second-order valence-electron chi connectivity index (χ2n) is 2.76. The maximum absolute atomic E-state index is 12.9. The Morgan fingerprint density at radius 3 is 2.57 bits per heavy atom. The molecule has 0 spiro atoms. The molecule has 0 bridgehead atoms. The largest absolute Gasteiger partial charge is 0.205 e. The summed E-state index contributed by atoms with van der Waals surface area (Å²) in [5, 5.41) is 7.49. The zero-order valence-corrected chi connectivity index (χ0v) is 7.87. The summed E-state index contributed by atoms with van der Waals surface area (Å²) in [7, 11) is 0. The molecule has 14 heavy (non-hydrogen) atoms. The molecule has 0 aliphatic rings. The molecule has 1 aromatic carbocycles. The number of hydrogen-bond donors (Lipinski definition) is 0. The van der Waals surface area contributed by atoms with Crippen molar-refractivity contribution in [2.75, 3.05) is 0 Å². The van der Waals surface area contributed by atoms with Gasteiger partial charge in [0.2, 0.25) is 0 Å². The quantitative estimate of drug-likeness (QED) is 0.720. The van der Waals surface area contributed by atoms with E-state index < -0.39 is 5.82 Å². The molecule has 4 heteroatoms. The Labute approximate surface area is 85.4 Å². The SMILES string of the molecule is Fc1ccc(-c2ccnnc2)cc1Cl. The highest BCUT2D eigenvalue weighted by Crippen LogP contribution is 2.23. The van der Waals surface area contributed by atoms with Crippen molar-refractivity contribution in [3.8, 4) is 11.1 Å². The summed E-state index contributed by atoms with van der Waals surface area (Å²) < 4.78 is 12.9. The van der Waals surface area contributed by atoms with Crippen molar-refractivity contribution in [1.82, 2.24) is 10.2 Å². The molecule has 0 aliphatic carbocycles. The van der Waals surface area contributed by atoms with Crippen LogP contribution < -0.4 is 0 Å². The minimum absolute atomic E-state index is 0.110. The number of halogens is 2. The molecule has 2 rings (SSSR count). The summed E-state index contributed by atoms with van der Waals surface area (Å²) in [6, 6.07) is 6.33. The molecule has 1 heterocycles. The summed E-state index contributed by atoms with van der Waals surface area (Å²) in [6.07, 6.45) is 3.18. The number of nitrogens with zero attached hydrogens (tertiary/aromatic N) is 2. The molecule has 2 nitrogen and oxygen atoms in total. The van der Waals surface area contributed by atoms with Crippen LogP contribution in [0.5, 0.6) is 0 Å². The maximum atomic E-state index is 12.9. The molecule has 0 aliphatic heterocycles. The van der Waals surface area contributed by atoms with Gasteiger partial charge < -0.3 is 0 Å². The molecule has 0 radical (unpaired) electrons. The van der Waals surface area contributed by atoms with E-state index in [1.165, 1.54) is 6.07 Å². The zero-order chi connectivity index (χ0) is 9.97. The third-order valence-electron chi connectivity index (χ3n) is 1.84. The van der Waals surface area contributed by atoms with Crippen LogP contribution in [0.15, 0.2) is 36.7 Å². The molecule has 0 saturated heterocycles. The average molecular weight is 209 g/mol. The fraction of sp³-hybridized carbons (Fsp3) is 0. The highest BCUT2D eigenvalue weighted by Gasteiger charge is 2.02. The fourth-order valence-electron chi connectivity index (χ4n) is 1.14. The van der Waals surface area contributed by atoms with Crippen LogP contribution in [0.3, 0.4) is 0 Å². The summed E-state index contributed by atoms with van der Waals surface area (Å²) >= 11 is 5.65. The third-order valence-corrected chi connectivity index (χ3v) is 2.13. The Morgan fingerprint density at radius 1 is 1.07 bits per heavy atom. The normalized spacial score (nSPS) is 10.1. The van der Waals surface area contributed by atoms with E-state index in [0.717, 1.165) is 11.1 Å². The van der Waals surface area contributed by atoms with Gasteiger partial charge in [0.15, 0.2) is 0 Å². The van der Waals surface area contributed by atoms with E-state index in [0.29, 0.717) is 0 Å². The number of aromatic nitrogens is 2. The van der Waals surface area contributed by atoms with Gasteiger partial charge in [0, 0.05) is 5.56 Å². The monoisotopic (exact) mass is 208 g/mol. The van der Waals surface area contributed by atoms with Crippen molar-refractivity contribution in [3.63, 3.8) is 0 Å². The van der Waals surface area contributed by atoms with E-state index in [-0.39, 0.29) is 5.02 Å². The van der Waals surface area contributed by atoms with Gasteiger partial charge in [-0.05, 0) is 23.8 Å². The van der Waals surface area contributed by atoms with E-state index in [1.807, 2.05) is 0 Å². The predicted molar refractivity (Wildman–Crippen MR) is 52.4 cm³/mol. The van der Waals surface area contributed by atoms with Gasteiger partial charge in [0.1, 0.15) is 5.82 Å². The topological polar surface area (TPSA) is 25.8 Å². The summed E-state index contributed by atoms with van der Waals surface area (Å²) in [5.74, 6) is -0.419. The lowest BCUT2D eigenvalue weighted by Gasteiger charge is -2.00. The smallest absolute Gasteiger partial charge is 0.141 e. The molecule has 0 unspecified atom stereocenters. The second kappa shape index (κ2) is 3.72. The van der Waals surface area contributed by atoms with Crippen LogP contribution in [0.4, 0.5) is 4.39 Å². The lowest BCUT2D eigenvalue weighted by molar-refractivity contribution is 0.628. The first-order valence-electron chi connectivity index (χ1n) is 3.99. The lowest BCUT2D eigenvalue weighted by Crippen LogP contribution is -1.83. The Balaban J connectivity index is 2.48. The molecule has 70 valence electrons. The third kappa shape index (κ3) is 1.72. The number of hydrogen-bond acceptors (Lipinski definition) is 2. The molecule has 2 aromatic rings. The average Bonchev–Trinajstić information content (AvgIpc) is 2.23. The first-order chi connectivity index (χ1) is 6.77. The van der Waals surface area contributed by atoms with Gasteiger partial charge in [-0.25, -0.2) is 4.39 Å². The molecular formula is C10H6ClFN2. The first-order valence-corrected chi connectivity index (χ1v) is 4.37. The Hall–Kier alpha value is -1.48. The zero-order valence-electron chi connectivity index (χ0n) is 7.11. The van der Waals surface area contributed by atoms with Gasteiger partial charge in [-0.1, -0.05) is 17.7 Å². The van der Waals surface area contributed by atoms with Crippen LogP contribution in [0, 0.1) is 5.82 Å². The van der Waals surface area contributed by atoms with Crippen LogP contribution >= 0.6 is 11.6 Å². The molecular weight excluding hydrogens is 203 g/mol. The Bertz CT molecular complexity index is 445. The maximum Gasteiger partial charge on any atom is 0.141 e. The van der Waals surface area contributed by atoms with E-state index in [4.69, 9.17) is 11.6 Å². The van der Waals surface area contributed by atoms with E-state index >= 15 is 0 Å². The first kappa shape index (κ1) is 9.09. The van der Waals surface area contributed by atoms with Crippen molar-refractivity contribution < 1.29 is 4.39 Å². The molecule has 0 amide bonds. The molecule has 0 atom stereocenters. The highest BCUT2D eigenvalue weighted by molar-refractivity contribution is 6.31. The summed E-state index contributed by atoms with van der Waals surface area (Å²) in [5.41, 5.74) is 1.69. The van der Waals surface area contributed by atoms with Crippen LogP contribution in [-0.2, 0) is 0 Å². The Kier molecular flexibility index (Phi) is 2.41. The predicted octanol–water partition coefficient (Wildman–Crippen LogP) is 2.94. The van der Waals surface area contributed by atoms with E-state index in [9.17, 15) is 4.39 Å². The van der Waals surface area contributed by atoms with Crippen LogP contribution in [0.2, 0.25) is 5.02 Å². The van der Waals surface area contributed by atoms with Gasteiger partial charge in [-0.3, -0.25) is 0 Å². The molecule has 0 fully saturated rings. The van der Waals surface area contributed by atoms with E-state index in [1.54, 1.807) is 30.6 Å². The van der Waals surface area contributed by atoms with Gasteiger partial charge in [0.25, 0.3) is 0 Å². The fourth-order valence-corrected chi connectivity index (χ4v) is 1.32. The number of benzene rings is 1. The van der Waals surface area contributed by atoms with Crippen molar-refractivity contribution in [1.29, 1.82) is 0 Å². The molecule has 0 N–H and O–H groups in total. The summed E-state index contributed by atoms with van der Waals surface area (Å²) in [4.78, 5) is 0. The summed E-state index contributed by atoms with van der Waals surface area (Å²) in [6.45, 7) is 0. The molecule has 0 saturated carbocycles. The van der Waals surface area contributed by atoms with Crippen LogP contribution in [0.1, 0.15) is 0 Å². The van der Waals surface area contributed by atoms with Gasteiger partial charge in [0.05, 0.1) is 17.4 Å². The van der Waals surface area contributed by atoms with Crippen molar-refractivity contribution in [2.24, 2.45) is 0 Å². The highest BCUT2D eigenvalue weighted by atomic mass is 35.5. The van der Waals surface area contributed by atoms with Crippen molar-refractivity contribution in [2.45, 2.75) is 0 Å². The standard InChI is InChI=1S/C10H6ClFN2/c11-9-5-7(1-2-10(9)12)8-3-4-13-14-6-8/h1-6H. The Morgan fingerprint density at radius 2 is 1.93 bits per heavy atom. The minimum Gasteiger partial charge on any atom is -0.205 e. The van der Waals surface area contributed by atoms with Gasteiger partial charge in [-0.15, -0.1) is 0 Å². The van der Waals surface area contributed by atoms with Crippen molar-refractivity contribution >= 4 is 11.6 Å². The van der Waals surface area contributed by atoms with E-state index in [2.05, 4.69) is 10.2 Å².